The van der Waals surface area contributed by atoms with E-state index in [0.717, 1.165) is 25.7 Å². The van der Waals surface area contributed by atoms with Gasteiger partial charge in [0.05, 0.1) is 5.92 Å². The molecule has 1 unspecified atom stereocenters. The number of amides is 1. The Labute approximate surface area is 146 Å². The van der Waals surface area contributed by atoms with E-state index < -0.39 is 5.82 Å². The van der Waals surface area contributed by atoms with Crippen LogP contribution in [0.15, 0.2) is 6.33 Å². The number of carbonyl (C=O) groups is 2. The molecule has 4 N–H and O–H groups in total. The number of aldehydes is 1. The maximum Gasteiger partial charge on any atom is 0.222 e. The molecular weight excluding hydrogens is 327 g/mol. The number of likely N-dealkylation sites (N-methyl/N-ethyl adjacent to an activating group) is 1. The first-order valence-electron chi connectivity index (χ1n) is 8.39. The molecule has 138 valence electrons. The lowest BCUT2D eigenvalue weighted by atomic mass is 9.89. The van der Waals surface area contributed by atoms with Crippen LogP contribution in [-0.2, 0) is 9.59 Å². The van der Waals surface area contributed by atoms with Gasteiger partial charge in [0.25, 0.3) is 0 Å². The first-order valence-corrected chi connectivity index (χ1v) is 8.39. The number of unbranched alkanes of at least 4 members (excludes halogenated alkanes) is 2. The molecule has 9 heteroatoms. The molecule has 2 atom stereocenters. The SMILES string of the molecule is CN(CCCCC=O)C1CN(c2ncnc(N)c2F)CC[C@@H]1C(N)=O. The number of piperidine rings is 1. The van der Waals surface area contributed by atoms with Crippen molar-refractivity contribution in [3.63, 3.8) is 0 Å². The molecule has 25 heavy (non-hydrogen) atoms. The Morgan fingerprint density at radius 2 is 2.24 bits per heavy atom. The summed E-state index contributed by atoms with van der Waals surface area (Å²) in [5.41, 5.74) is 11.1. The number of hydrogen-bond acceptors (Lipinski definition) is 7. The van der Waals surface area contributed by atoms with Crippen molar-refractivity contribution in [1.82, 2.24) is 14.9 Å². The van der Waals surface area contributed by atoms with Crippen molar-refractivity contribution in [2.24, 2.45) is 11.7 Å². The average molecular weight is 352 g/mol. The quantitative estimate of drug-likeness (QED) is 0.506. The Balaban J connectivity index is 2.11. The van der Waals surface area contributed by atoms with Crippen LogP contribution >= 0.6 is 0 Å². The van der Waals surface area contributed by atoms with Gasteiger partial charge >= 0.3 is 0 Å². The molecule has 8 nitrogen and oxygen atoms in total. The zero-order chi connectivity index (χ0) is 18.4. The number of nitrogen functional groups attached to an aromatic ring is 1. The summed E-state index contributed by atoms with van der Waals surface area (Å²) in [6, 6.07) is -0.155. The van der Waals surface area contributed by atoms with Gasteiger partial charge in [-0.15, -0.1) is 0 Å². The molecule has 1 aromatic rings. The van der Waals surface area contributed by atoms with E-state index in [-0.39, 0.29) is 29.5 Å². The molecule has 0 aliphatic carbocycles. The minimum atomic E-state index is -0.646. The number of carbonyl (C=O) groups excluding carboxylic acids is 2. The number of anilines is 2. The van der Waals surface area contributed by atoms with E-state index in [9.17, 15) is 14.0 Å². The zero-order valence-corrected chi connectivity index (χ0v) is 14.4. The van der Waals surface area contributed by atoms with Crippen molar-refractivity contribution in [2.45, 2.75) is 31.7 Å². The summed E-state index contributed by atoms with van der Waals surface area (Å²) in [6.45, 7) is 1.62. The monoisotopic (exact) mass is 352 g/mol. The molecule has 1 aliphatic rings. The van der Waals surface area contributed by atoms with Gasteiger partial charge in [-0.05, 0) is 32.9 Å². The molecule has 2 rings (SSSR count). The van der Waals surface area contributed by atoms with E-state index in [1.54, 1.807) is 4.90 Å². The molecule has 1 fully saturated rings. The summed E-state index contributed by atoms with van der Waals surface area (Å²) in [6.07, 6.45) is 4.80. The average Bonchev–Trinajstić information content (AvgIpc) is 2.60. The largest absolute Gasteiger partial charge is 0.381 e. The van der Waals surface area contributed by atoms with Crippen LogP contribution in [0.5, 0.6) is 0 Å². The summed E-state index contributed by atoms with van der Waals surface area (Å²) in [4.78, 5) is 33.7. The maximum absolute atomic E-state index is 14.2. The molecule has 1 aromatic heterocycles. The number of nitrogens with zero attached hydrogens (tertiary/aromatic N) is 4. The molecule has 0 spiro atoms. The minimum Gasteiger partial charge on any atom is -0.381 e. The van der Waals surface area contributed by atoms with Gasteiger partial charge in [0.2, 0.25) is 11.7 Å². The molecule has 0 aromatic carbocycles. The first kappa shape index (κ1) is 19.0. The van der Waals surface area contributed by atoms with Crippen LogP contribution in [0.4, 0.5) is 16.0 Å². The molecule has 2 heterocycles. The predicted molar refractivity (Wildman–Crippen MR) is 92.2 cm³/mol. The summed E-state index contributed by atoms with van der Waals surface area (Å²) < 4.78 is 14.2. The molecule has 0 radical (unpaired) electrons. The molecular formula is C16H25FN6O2. The topological polar surface area (TPSA) is 118 Å². The molecule has 1 aliphatic heterocycles. The van der Waals surface area contributed by atoms with E-state index >= 15 is 0 Å². The van der Waals surface area contributed by atoms with Crippen LogP contribution in [0.3, 0.4) is 0 Å². The van der Waals surface area contributed by atoms with Crippen LogP contribution in [0.2, 0.25) is 0 Å². The fourth-order valence-electron chi connectivity index (χ4n) is 3.25. The van der Waals surface area contributed by atoms with Crippen molar-refractivity contribution in [2.75, 3.05) is 37.3 Å². The summed E-state index contributed by atoms with van der Waals surface area (Å²) in [5, 5.41) is 0. The van der Waals surface area contributed by atoms with Crippen LogP contribution in [-0.4, -0.2) is 59.8 Å². The van der Waals surface area contributed by atoms with Crippen LogP contribution in [0.1, 0.15) is 25.7 Å². The van der Waals surface area contributed by atoms with Gasteiger partial charge < -0.3 is 26.1 Å². The van der Waals surface area contributed by atoms with Crippen molar-refractivity contribution < 1.29 is 14.0 Å². The van der Waals surface area contributed by atoms with Gasteiger partial charge in [-0.3, -0.25) is 4.79 Å². The lowest BCUT2D eigenvalue weighted by Crippen LogP contribution is -2.55. The Hall–Kier alpha value is -2.29. The Bertz CT molecular complexity index is 614. The second-order valence-corrected chi connectivity index (χ2v) is 6.35. The maximum atomic E-state index is 14.2. The van der Waals surface area contributed by atoms with Crippen molar-refractivity contribution in [3.8, 4) is 0 Å². The van der Waals surface area contributed by atoms with Gasteiger partial charge in [0, 0.05) is 25.6 Å². The highest BCUT2D eigenvalue weighted by Crippen LogP contribution is 2.27. The molecule has 1 saturated heterocycles. The zero-order valence-electron chi connectivity index (χ0n) is 14.4. The summed E-state index contributed by atoms with van der Waals surface area (Å²) in [5.74, 6) is -1.36. The van der Waals surface area contributed by atoms with Crippen molar-refractivity contribution in [1.29, 1.82) is 0 Å². The van der Waals surface area contributed by atoms with Crippen molar-refractivity contribution in [3.05, 3.63) is 12.1 Å². The Morgan fingerprint density at radius 1 is 1.48 bits per heavy atom. The summed E-state index contributed by atoms with van der Waals surface area (Å²) >= 11 is 0. The van der Waals surface area contributed by atoms with Crippen molar-refractivity contribution >= 4 is 23.8 Å². The van der Waals surface area contributed by atoms with E-state index in [0.29, 0.717) is 25.9 Å². The van der Waals surface area contributed by atoms with E-state index in [1.165, 1.54) is 6.33 Å². The third kappa shape index (κ3) is 4.62. The second-order valence-electron chi connectivity index (χ2n) is 6.35. The highest BCUT2D eigenvalue weighted by atomic mass is 19.1. The van der Waals surface area contributed by atoms with E-state index in [1.807, 2.05) is 7.05 Å². The van der Waals surface area contributed by atoms with Gasteiger partial charge in [-0.2, -0.15) is 4.39 Å². The van der Waals surface area contributed by atoms with Gasteiger partial charge in [-0.25, -0.2) is 9.97 Å². The first-order chi connectivity index (χ1) is 12.0. The van der Waals surface area contributed by atoms with E-state index in [2.05, 4.69) is 14.9 Å². The standard InChI is InChI=1S/C16H25FN6O2/c1-22(6-3-2-4-8-24)12-9-23(7-5-11(12)15(19)25)16-13(17)14(18)20-10-21-16/h8,10-12H,2-7,9H2,1H3,(H2,19,25)(H2,18,20,21)/t11-,12?/m0/s1. The van der Waals surface area contributed by atoms with E-state index in [4.69, 9.17) is 11.5 Å². The van der Waals surface area contributed by atoms with Crippen LogP contribution < -0.4 is 16.4 Å². The molecule has 0 bridgehead atoms. The number of aromatic nitrogens is 2. The molecule has 0 saturated carbocycles. The Morgan fingerprint density at radius 3 is 2.92 bits per heavy atom. The Kier molecular flexibility index (Phi) is 6.63. The molecule has 1 amide bonds. The highest BCUT2D eigenvalue weighted by Gasteiger charge is 2.36. The van der Waals surface area contributed by atoms with Gasteiger partial charge in [-0.1, -0.05) is 0 Å². The number of halogens is 1. The van der Waals surface area contributed by atoms with Crippen LogP contribution in [0, 0.1) is 11.7 Å². The third-order valence-electron chi connectivity index (χ3n) is 4.69. The lowest BCUT2D eigenvalue weighted by molar-refractivity contribution is -0.124. The smallest absolute Gasteiger partial charge is 0.222 e. The minimum absolute atomic E-state index is 0.148. The number of rotatable bonds is 8. The van der Waals surface area contributed by atoms with Gasteiger partial charge in [0.15, 0.2) is 11.6 Å². The predicted octanol–water partition coefficient (Wildman–Crippen LogP) is 0.179. The third-order valence-corrected chi connectivity index (χ3v) is 4.69. The normalized spacial score (nSPS) is 20.7. The lowest BCUT2D eigenvalue weighted by Gasteiger charge is -2.42. The highest BCUT2D eigenvalue weighted by molar-refractivity contribution is 5.78. The van der Waals surface area contributed by atoms with Crippen LogP contribution in [0.25, 0.3) is 0 Å². The summed E-state index contributed by atoms with van der Waals surface area (Å²) in [7, 11) is 1.91. The van der Waals surface area contributed by atoms with Gasteiger partial charge in [0.1, 0.15) is 12.6 Å². The second kappa shape index (κ2) is 8.70. The number of primary amides is 1. The number of nitrogens with two attached hydrogens (primary N) is 2. The number of hydrogen-bond donors (Lipinski definition) is 2. The fourth-order valence-corrected chi connectivity index (χ4v) is 3.25. The fraction of sp³-hybridized carbons (Fsp3) is 0.625.